The van der Waals surface area contributed by atoms with E-state index in [0.29, 0.717) is 22.6 Å². The Kier molecular flexibility index (Phi) is 5.17. The molecule has 0 bridgehead atoms. The van der Waals surface area contributed by atoms with E-state index in [2.05, 4.69) is 15.1 Å². The summed E-state index contributed by atoms with van der Waals surface area (Å²) in [7, 11) is 1.68. The SMILES string of the molecule is Cc1noc2ncnc(N(C)CC(O)COc3ccccc3C(F)(F)F)c12. The molecule has 1 aromatic carbocycles. The Balaban J connectivity index is 1.68. The second-order valence-corrected chi connectivity index (χ2v) is 5.98. The molecule has 0 aliphatic rings. The molecule has 3 aromatic rings. The molecule has 0 amide bonds. The summed E-state index contributed by atoms with van der Waals surface area (Å²) in [6, 6.07) is 4.87. The van der Waals surface area contributed by atoms with Gasteiger partial charge in [0, 0.05) is 13.6 Å². The first-order valence-electron chi connectivity index (χ1n) is 8.02. The monoisotopic (exact) mass is 382 g/mol. The lowest BCUT2D eigenvalue weighted by molar-refractivity contribution is -0.139. The minimum atomic E-state index is -4.53. The van der Waals surface area contributed by atoms with Crippen LogP contribution in [0.5, 0.6) is 5.75 Å². The third-order valence-corrected chi connectivity index (χ3v) is 3.89. The van der Waals surface area contributed by atoms with E-state index in [-0.39, 0.29) is 18.9 Å². The van der Waals surface area contributed by atoms with E-state index >= 15 is 0 Å². The first-order chi connectivity index (χ1) is 12.8. The Morgan fingerprint density at radius 2 is 2.00 bits per heavy atom. The van der Waals surface area contributed by atoms with Gasteiger partial charge in [-0.2, -0.15) is 18.2 Å². The Labute approximate surface area is 152 Å². The van der Waals surface area contributed by atoms with Crippen molar-refractivity contribution in [2.45, 2.75) is 19.2 Å². The number of anilines is 1. The number of aliphatic hydroxyl groups is 1. The second-order valence-electron chi connectivity index (χ2n) is 5.98. The van der Waals surface area contributed by atoms with Crippen LogP contribution in [0.15, 0.2) is 35.1 Å². The van der Waals surface area contributed by atoms with Crippen LogP contribution in [0.2, 0.25) is 0 Å². The van der Waals surface area contributed by atoms with Crippen LogP contribution < -0.4 is 9.64 Å². The topological polar surface area (TPSA) is 84.5 Å². The summed E-state index contributed by atoms with van der Waals surface area (Å²) in [6.07, 6.45) is -4.28. The molecule has 1 unspecified atom stereocenters. The molecule has 0 aliphatic carbocycles. The zero-order valence-electron chi connectivity index (χ0n) is 14.6. The largest absolute Gasteiger partial charge is 0.490 e. The molecule has 1 N–H and O–H groups in total. The van der Waals surface area contributed by atoms with Crippen LogP contribution in [0, 0.1) is 6.92 Å². The number of rotatable bonds is 6. The molecule has 2 aromatic heterocycles. The number of hydrogen-bond acceptors (Lipinski definition) is 7. The van der Waals surface area contributed by atoms with Gasteiger partial charge in [-0.05, 0) is 19.1 Å². The van der Waals surface area contributed by atoms with Gasteiger partial charge in [-0.3, -0.25) is 0 Å². The van der Waals surface area contributed by atoms with E-state index in [1.807, 2.05) is 0 Å². The van der Waals surface area contributed by atoms with Crippen molar-refractivity contribution >= 4 is 16.9 Å². The molecule has 3 rings (SSSR count). The van der Waals surface area contributed by atoms with E-state index in [4.69, 9.17) is 9.26 Å². The van der Waals surface area contributed by atoms with Crippen LogP contribution in [0.3, 0.4) is 0 Å². The summed E-state index contributed by atoms with van der Waals surface area (Å²) >= 11 is 0. The first-order valence-corrected chi connectivity index (χ1v) is 8.02. The molecule has 0 fully saturated rings. The predicted octanol–water partition coefficient (Wildman–Crippen LogP) is 2.82. The van der Waals surface area contributed by atoms with E-state index in [1.165, 1.54) is 24.5 Å². The van der Waals surface area contributed by atoms with Crippen LogP contribution in [-0.2, 0) is 6.18 Å². The number of aryl methyl sites for hydroxylation is 1. The molecular weight excluding hydrogens is 365 g/mol. The molecule has 2 heterocycles. The van der Waals surface area contributed by atoms with Gasteiger partial charge < -0.3 is 19.3 Å². The highest BCUT2D eigenvalue weighted by atomic mass is 19.4. The first kappa shape index (κ1) is 18.9. The maximum absolute atomic E-state index is 13.0. The van der Waals surface area contributed by atoms with Gasteiger partial charge in [0.25, 0.3) is 5.71 Å². The number of hydrogen-bond donors (Lipinski definition) is 1. The number of likely N-dealkylation sites (N-methyl/N-ethyl adjacent to an activating group) is 1. The van der Waals surface area contributed by atoms with Crippen molar-refractivity contribution in [1.29, 1.82) is 0 Å². The molecule has 1 atom stereocenters. The number of halogens is 3. The van der Waals surface area contributed by atoms with Gasteiger partial charge in [-0.15, -0.1) is 0 Å². The van der Waals surface area contributed by atoms with Gasteiger partial charge in [0.15, 0.2) is 0 Å². The highest BCUT2D eigenvalue weighted by Gasteiger charge is 2.34. The van der Waals surface area contributed by atoms with Crippen LogP contribution >= 0.6 is 0 Å². The Hall–Kier alpha value is -2.88. The molecule has 0 aliphatic heterocycles. The summed E-state index contributed by atoms with van der Waals surface area (Å²) in [5.41, 5.74) is 0.0228. The van der Waals surface area contributed by atoms with E-state index in [9.17, 15) is 18.3 Å². The summed E-state index contributed by atoms with van der Waals surface area (Å²) in [6.45, 7) is 1.50. The van der Waals surface area contributed by atoms with Gasteiger partial charge >= 0.3 is 6.18 Å². The van der Waals surface area contributed by atoms with Crippen LogP contribution in [0.25, 0.3) is 11.1 Å². The standard InChI is InChI=1S/C17H17F3N4O3/c1-10-14-15(21-9-22-16(14)27-23-10)24(2)7-11(25)8-26-13-6-4-3-5-12(13)17(18,19)20/h3-6,9,11,25H,7-8H2,1-2H3. The number of fused-ring (bicyclic) bond motifs is 1. The van der Waals surface area contributed by atoms with Crippen LogP contribution in [-0.4, -0.2) is 46.5 Å². The van der Waals surface area contributed by atoms with Gasteiger partial charge in [-0.25, -0.2) is 4.98 Å². The van der Waals surface area contributed by atoms with Gasteiger partial charge in [0.2, 0.25) is 0 Å². The van der Waals surface area contributed by atoms with E-state index < -0.39 is 17.8 Å². The predicted molar refractivity (Wildman–Crippen MR) is 90.6 cm³/mol. The fourth-order valence-corrected chi connectivity index (χ4v) is 2.66. The van der Waals surface area contributed by atoms with E-state index in [1.54, 1.807) is 18.9 Å². The Bertz CT molecular complexity index is 929. The number of aliphatic hydroxyl groups excluding tert-OH is 1. The number of nitrogens with zero attached hydrogens (tertiary/aromatic N) is 4. The van der Waals surface area contributed by atoms with Crippen molar-refractivity contribution in [2.24, 2.45) is 0 Å². The fraction of sp³-hybridized carbons (Fsp3) is 0.353. The summed E-state index contributed by atoms with van der Waals surface area (Å²) < 4.78 is 49.2. The second kappa shape index (κ2) is 7.39. The average molecular weight is 382 g/mol. The normalized spacial score (nSPS) is 13.0. The van der Waals surface area contributed by atoms with Gasteiger partial charge in [0.1, 0.15) is 36.0 Å². The maximum atomic E-state index is 13.0. The summed E-state index contributed by atoms with van der Waals surface area (Å²) in [4.78, 5) is 9.78. The van der Waals surface area contributed by atoms with Crippen molar-refractivity contribution in [2.75, 3.05) is 25.1 Å². The summed E-state index contributed by atoms with van der Waals surface area (Å²) in [5, 5.41) is 14.6. The smallest absolute Gasteiger partial charge is 0.419 e. The third-order valence-electron chi connectivity index (χ3n) is 3.89. The molecule has 0 spiro atoms. The molecule has 0 radical (unpaired) electrons. The minimum absolute atomic E-state index is 0.0743. The number of ether oxygens (including phenoxy) is 1. The van der Waals surface area contributed by atoms with Crippen molar-refractivity contribution in [1.82, 2.24) is 15.1 Å². The minimum Gasteiger partial charge on any atom is -0.490 e. The van der Waals surface area contributed by atoms with E-state index in [0.717, 1.165) is 6.07 Å². The number of benzene rings is 1. The highest BCUT2D eigenvalue weighted by Crippen LogP contribution is 2.36. The fourth-order valence-electron chi connectivity index (χ4n) is 2.66. The molecule has 144 valence electrons. The summed E-state index contributed by atoms with van der Waals surface area (Å²) in [5.74, 6) is 0.166. The van der Waals surface area contributed by atoms with Crippen molar-refractivity contribution in [3.8, 4) is 5.75 Å². The maximum Gasteiger partial charge on any atom is 0.419 e. The van der Waals surface area contributed by atoms with Crippen LogP contribution in [0.4, 0.5) is 19.0 Å². The Morgan fingerprint density at radius 3 is 2.74 bits per heavy atom. The molecule has 10 heteroatoms. The zero-order valence-corrected chi connectivity index (χ0v) is 14.6. The average Bonchev–Trinajstić information content (AvgIpc) is 3.01. The lowest BCUT2D eigenvalue weighted by Crippen LogP contribution is -2.33. The number of aromatic nitrogens is 3. The molecular formula is C17H17F3N4O3. The van der Waals surface area contributed by atoms with Crippen molar-refractivity contribution in [3.05, 3.63) is 41.9 Å². The third kappa shape index (κ3) is 4.11. The van der Waals surface area contributed by atoms with Crippen molar-refractivity contribution in [3.63, 3.8) is 0 Å². The van der Waals surface area contributed by atoms with Crippen molar-refractivity contribution < 1.29 is 27.5 Å². The molecule has 0 saturated carbocycles. The lowest BCUT2D eigenvalue weighted by atomic mass is 10.2. The highest BCUT2D eigenvalue weighted by molar-refractivity contribution is 5.87. The molecule has 0 saturated heterocycles. The quantitative estimate of drug-likeness (QED) is 0.702. The zero-order chi connectivity index (χ0) is 19.6. The lowest BCUT2D eigenvalue weighted by Gasteiger charge is -2.22. The van der Waals surface area contributed by atoms with Gasteiger partial charge in [0.05, 0.1) is 11.3 Å². The molecule has 27 heavy (non-hydrogen) atoms. The molecule has 7 nitrogen and oxygen atoms in total. The number of alkyl halides is 3. The van der Waals surface area contributed by atoms with Crippen LogP contribution in [0.1, 0.15) is 11.3 Å². The number of para-hydroxylation sites is 1. The van der Waals surface area contributed by atoms with Gasteiger partial charge in [-0.1, -0.05) is 17.3 Å². The Morgan fingerprint density at radius 1 is 1.26 bits per heavy atom.